The highest BCUT2D eigenvalue weighted by Gasteiger charge is 2.22. The van der Waals surface area contributed by atoms with Crippen molar-refractivity contribution in [3.8, 4) is 5.95 Å². The van der Waals surface area contributed by atoms with Gasteiger partial charge in [-0.05, 0) is 18.4 Å². The van der Waals surface area contributed by atoms with Gasteiger partial charge in [0.15, 0.2) is 0 Å². The summed E-state index contributed by atoms with van der Waals surface area (Å²) in [5, 5.41) is 7.65. The van der Waals surface area contributed by atoms with Crippen LogP contribution in [0.1, 0.15) is 71.4 Å². The summed E-state index contributed by atoms with van der Waals surface area (Å²) < 4.78 is 1.62. The average Bonchev–Trinajstić information content (AvgIpc) is 3.06. The van der Waals surface area contributed by atoms with E-state index in [-0.39, 0.29) is 11.3 Å². The van der Waals surface area contributed by atoms with Gasteiger partial charge in [0.05, 0.1) is 5.69 Å². The van der Waals surface area contributed by atoms with Crippen LogP contribution in [-0.2, 0) is 10.2 Å². The van der Waals surface area contributed by atoms with Gasteiger partial charge in [-0.25, -0.2) is 9.97 Å². The van der Waals surface area contributed by atoms with Crippen molar-refractivity contribution < 1.29 is 4.79 Å². The fourth-order valence-corrected chi connectivity index (χ4v) is 3.41. The molecule has 0 aromatic carbocycles. The molecule has 1 fully saturated rings. The van der Waals surface area contributed by atoms with E-state index in [9.17, 15) is 4.79 Å². The minimum atomic E-state index is -0.123. The molecule has 26 heavy (non-hydrogen) atoms. The van der Waals surface area contributed by atoms with Crippen molar-refractivity contribution >= 4 is 11.7 Å². The van der Waals surface area contributed by atoms with Gasteiger partial charge in [-0.2, -0.15) is 9.78 Å². The molecule has 6 nitrogen and oxygen atoms in total. The molecule has 1 aliphatic carbocycles. The van der Waals surface area contributed by atoms with Gasteiger partial charge in [0.1, 0.15) is 5.82 Å². The third-order valence-corrected chi connectivity index (χ3v) is 4.99. The number of hydrogen-bond acceptors (Lipinski definition) is 4. The van der Waals surface area contributed by atoms with Gasteiger partial charge in [0.2, 0.25) is 5.91 Å². The highest BCUT2D eigenvalue weighted by molar-refractivity contribution is 5.90. The molecule has 140 valence electrons. The normalized spacial score (nSPS) is 15.8. The molecule has 0 aliphatic heterocycles. The zero-order chi connectivity index (χ0) is 18.6. The van der Waals surface area contributed by atoms with Crippen molar-refractivity contribution in [1.29, 1.82) is 0 Å². The maximum Gasteiger partial charge on any atom is 0.252 e. The number of carbonyl (C=O) groups excluding carboxylic acids is 1. The van der Waals surface area contributed by atoms with Crippen LogP contribution in [0.4, 0.5) is 5.82 Å². The summed E-state index contributed by atoms with van der Waals surface area (Å²) in [6.07, 6.45) is 11.3. The Morgan fingerprint density at radius 3 is 2.54 bits per heavy atom. The summed E-state index contributed by atoms with van der Waals surface area (Å²) in [6.45, 7) is 6.29. The smallest absolute Gasteiger partial charge is 0.252 e. The second-order valence-electron chi connectivity index (χ2n) is 8.22. The molecule has 6 heteroatoms. The number of rotatable bonds is 5. The molecule has 2 aromatic rings. The van der Waals surface area contributed by atoms with Crippen molar-refractivity contribution in [3.05, 3.63) is 30.2 Å². The van der Waals surface area contributed by atoms with Crippen molar-refractivity contribution in [3.63, 3.8) is 0 Å². The summed E-state index contributed by atoms with van der Waals surface area (Å²) in [7, 11) is 0. The molecule has 1 saturated carbocycles. The molecule has 0 unspecified atom stereocenters. The highest BCUT2D eigenvalue weighted by atomic mass is 16.1. The van der Waals surface area contributed by atoms with Gasteiger partial charge < -0.3 is 5.32 Å². The Balaban J connectivity index is 1.73. The van der Waals surface area contributed by atoms with Crippen molar-refractivity contribution in [2.24, 2.45) is 5.92 Å². The van der Waals surface area contributed by atoms with Crippen LogP contribution in [0.3, 0.4) is 0 Å². The molecule has 0 spiro atoms. The summed E-state index contributed by atoms with van der Waals surface area (Å²) >= 11 is 0. The van der Waals surface area contributed by atoms with Crippen molar-refractivity contribution in [2.75, 3.05) is 5.32 Å². The van der Waals surface area contributed by atoms with Crippen LogP contribution in [-0.4, -0.2) is 25.7 Å². The molecule has 0 saturated heterocycles. The number of carbonyl (C=O) groups is 1. The molecule has 0 radical (unpaired) electrons. The average molecular weight is 355 g/mol. The van der Waals surface area contributed by atoms with E-state index in [0.29, 0.717) is 24.1 Å². The quantitative estimate of drug-likeness (QED) is 0.870. The highest BCUT2D eigenvalue weighted by Crippen LogP contribution is 2.28. The molecule has 1 amide bonds. The predicted molar refractivity (Wildman–Crippen MR) is 102 cm³/mol. The fourth-order valence-electron chi connectivity index (χ4n) is 3.41. The lowest BCUT2D eigenvalue weighted by Crippen LogP contribution is -2.17. The largest absolute Gasteiger partial charge is 0.310 e. The van der Waals surface area contributed by atoms with E-state index in [1.165, 1.54) is 32.1 Å². The Morgan fingerprint density at radius 2 is 1.88 bits per heavy atom. The molecule has 2 heterocycles. The minimum Gasteiger partial charge on any atom is -0.310 e. The third kappa shape index (κ3) is 4.68. The van der Waals surface area contributed by atoms with Gasteiger partial charge in [0.25, 0.3) is 5.95 Å². The molecule has 0 bridgehead atoms. The van der Waals surface area contributed by atoms with E-state index >= 15 is 0 Å². The van der Waals surface area contributed by atoms with Gasteiger partial charge in [-0.1, -0.05) is 52.9 Å². The summed E-state index contributed by atoms with van der Waals surface area (Å²) in [5.74, 6) is 1.83. The first-order chi connectivity index (χ1) is 12.4. The van der Waals surface area contributed by atoms with Crippen LogP contribution in [0.5, 0.6) is 0 Å². The van der Waals surface area contributed by atoms with Gasteiger partial charge in [-0.3, -0.25) is 4.79 Å². The fraction of sp³-hybridized carbons (Fsp3) is 0.600. The Labute approximate surface area is 155 Å². The summed E-state index contributed by atoms with van der Waals surface area (Å²) in [5.41, 5.74) is 0.772. The molecule has 0 atom stereocenters. The zero-order valence-corrected chi connectivity index (χ0v) is 16.0. The molecular weight excluding hydrogens is 326 g/mol. The number of nitrogens with one attached hydrogen (secondary N) is 1. The van der Waals surface area contributed by atoms with Crippen molar-refractivity contribution in [2.45, 2.75) is 71.1 Å². The van der Waals surface area contributed by atoms with Crippen LogP contribution in [0.15, 0.2) is 24.5 Å². The monoisotopic (exact) mass is 355 g/mol. The maximum absolute atomic E-state index is 12.5. The van der Waals surface area contributed by atoms with E-state index in [1.807, 2.05) is 6.07 Å². The zero-order valence-electron chi connectivity index (χ0n) is 16.0. The number of hydrogen-bond donors (Lipinski definition) is 1. The first-order valence-corrected chi connectivity index (χ1v) is 9.61. The topological polar surface area (TPSA) is 72.7 Å². The molecule has 1 aliphatic rings. The molecule has 1 N–H and O–H groups in total. The standard InChI is InChI=1S/C20H29N5O/c1-20(2,3)16-14-17(25(24-16)19-21-12-7-13-22-19)23-18(26)11-10-15-8-5-4-6-9-15/h7,12-15H,4-6,8-11H2,1-3H3,(H,23,26). The third-order valence-electron chi connectivity index (χ3n) is 4.99. The number of amides is 1. The first kappa shape index (κ1) is 18.5. The van der Waals surface area contributed by atoms with Gasteiger partial charge in [-0.15, -0.1) is 0 Å². The molecule has 3 rings (SSSR count). The van der Waals surface area contributed by atoms with Crippen LogP contribution in [0.25, 0.3) is 5.95 Å². The second kappa shape index (κ2) is 7.98. The number of anilines is 1. The van der Waals surface area contributed by atoms with E-state index in [1.54, 1.807) is 23.1 Å². The molecular formula is C20H29N5O. The summed E-state index contributed by atoms with van der Waals surface area (Å²) in [6, 6.07) is 3.69. The van der Waals surface area contributed by atoms with Crippen LogP contribution in [0.2, 0.25) is 0 Å². The lowest BCUT2D eigenvalue weighted by atomic mass is 9.86. The Bertz CT molecular complexity index is 726. The van der Waals surface area contributed by atoms with E-state index in [0.717, 1.165) is 12.1 Å². The van der Waals surface area contributed by atoms with Crippen LogP contribution >= 0.6 is 0 Å². The van der Waals surface area contributed by atoms with Crippen molar-refractivity contribution in [1.82, 2.24) is 19.7 Å². The van der Waals surface area contributed by atoms with E-state index in [4.69, 9.17) is 0 Å². The van der Waals surface area contributed by atoms with Gasteiger partial charge >= 0.3 is 0 Å². The summed E-state index contributed by atoms with van der Waals surface area (Å²) in [4.78, 5) is 21.0. The Kier molecular flexibility index (Phi) is 5.69. The minimum absolute atomic E-state index is 0.0353. The molecule has 2 aromatic heterocycles. The first-order valence-electron chi connectivity index (χ1n) is 9.61. The Hall–Kier alpha value is -2.24. The van der Waals surface area contributed by atoms with E-state index in [2.05, 4.69) is 41.2 Å². The lowest BCUT2D eigenvalue weighted by molar-refractivity contribution is -0.116. The van der Waals surface area contributed by atoms with Crippen LogP contribution in [0, 0.1) is 5.92 Å². The number of nitrogens with zero attached hydrogens (tertiary/aromatic N) is 4. The lowest BCUT2D eigenvalue weighted by Gasteiger charge is -2.20. The number of aromatic nitrogens is 4. The predicted octanol–water partition coefficient (Wildman–Crippen LogP) is 4.26. The van der Waals surface area contributed by atoms with Crippen LogP contribution < -0.4 is 5.32 Å². The maximum atomic E-state index is 12.5. The second-order valence-corrected chi connectivity index (χ2v) is 8.22. The van der Waals surface area contributed by atoms with E-state index < -0.39 is 0 Å². The van der Waals surface area contributed by atoms with Gasteiger partial charge in [0, 0.05) is 30.3 Å². The SMILES string of the molecule is CC(C)(C)c1cc(NC(=O)CCC2CCCCC2)n(-c2ncccn2)n1. The Morgan fingerprint density at radius 1 is 1.19 bits per heavy atom.